The zero-order valence-electron chi connectivity index (χ0n) is 17.3. The number of benzene rings is 4. The van der Waals surface area contributed by atoms with E-state index in [1.807, 2.05) is 0 Å². The highest BCUT2D eigenvalue weighted by atomic mass is 14.2. The van der Waals surface area contributed by atoms with Crippen molar-refractivity contribution in [3.8, 4) is 22.3 Å². The summed E-state index contributed by atoms with van der Waals surface area (Å²) in [5, 5.41) is 2.63. The van der Waals surface area contributed by atoms with E-state index in [-0.39, 0.29) is 0 Å². The summed E-state index contributed by atoms with van der Waals surface area (Å²) in [6.07, 6.45) is 1.17. The molecule has 0 heteroatoms. The molecule has 0 aliphatic carbocycles. The molecular formula is C28H28. The van der Waals surface area contributed by atoms with Crippen molar-refractivity contribution in [3.63, 3.8) is 0 Å². The molecule has 1 atom stereocenters. The van der Waals surface area contributed by atoms with Gasteiger partial charge in [0.15, 0.2) is 0 Å². The predicted octanol–water partition coefficient (Wildman–Crippen LogP) is 8.30. The lowest BCUT2D eigenvalue weighted by atomic mass is 9.89. The van der Waals surface area contributed by atoms with E-state index in [9.17, 15) is 0 Å². The minimum absolute atomic E-state index is 0.612. The molecule has 0 saturated heterocycles. The maximum Gasteiger partial charge on any atom is -0.00732 e. The summed E-state index contributed by atoms with van der Waals surface area (Å²) in [6.45, 7) is 8.97. The molecule has 0 aromatic heterocycles. The SMILES string of the molecule is CCC(C)c1ccc(-c2ccc(C)c(-c3c(C)ccc4ccccc34)c2)cc1. The minimum atomic E-state index is 0.612. The second-order valence-electron chi connectivity index (χ2n) is 7.94. The van der Waals surface area contributed by atoms with Crippen LogP contribution in [0.15, 0.2) is 78.9 Å². The van der Waals surface area contributed by atoms with Gasteiger partial charge in [0, 0.05) is 0 Å². The molecule has 0 N–H and O–H groups in total. The highest BCUT2D eigenvalue weighted by Gasteiger charge is 2.11. The Morgan fingerprint density at radius 1 is 0.714 bits per heavy atom. The van der Waals surface area contributed by atoms with Gasteiger partial charge in [-0.05, 0) is 82.0 Å². The smallest absolute Gasteiger partial charge is 0.00732 e. The summed E-state index contributed by atoms with van der Waals surface area (Å²) < 4.78 is 0. The fourth-order valence-electron chi connectivity index (χ4n) is 4.05. The lowest BCUT2D eigenvalue weighted by Crippen LogP contribution is -1.92. The molecule has 0 amide bonds. The average molecular weight is 365 g/mol. The molecule has 0 saturated carbocycles. The Labute approximate surface area is 168 Å². The van der Waals surface area contributed by atoms with Gasteiger partial charge in [0.1, 0.15) is 0 Å². The third-order valence-corrected chi connectivity index (χ3v) is 6.07. The van der Waals surface area contributed by atoms with Gasteiger partial charge in [-0.15, -0.1) is 0 Å². The molecule has 0 aliphatic rings. The summed E-state index contributed by atoms with van der Waals surface area (Å²) in [5.74, 6) is 0.612. The van der Waals surface area contributed by atoms with Gasteiger partial charge in [-0.3, -0.25) is 0 Å². The number of hydrogen-bond acceptors (Lipinski definition) is 0. The fraction of sp³-hybridized carbons (Fsp3) is 0.214. The molecule has 4 aromatic carbocycles. The van der Waals surface area contributed by atoms with Crippen LogP contribution in [0, 0.1) is 13.8 Å². The first-order valence-corrected chi connectivity index (χ1v) is 10.3. The van der Waals surface area contributed by atoms with E-state index in [2.05, 4.69) is 107 Å². The first-order chi connectivity index (χ1) is 13.6. The van der Waals surface area contributed by atoms with Crippen LogP contribution in [-0.2, 0) is 0 Å². The Kier molecular flexibility index (Phi) is 5.05. The van der Waals surface area contributed by atoms with E-state index in [4.69, 9.17) is 0 Å². The largest absolute Gasteiger partial charge is 0.0648 e. The van der Waals surface area contributed by atoms with Gasteiger partial charge < -0.3 is 0 Å². The van der Waals surface area contributed by atoms with Gasteiger partial charge >= 0.3 is 0 Å². The van der Waals surface area contributed by atoms with Crippen LogP contribution in [-0.4, -0.2) is 0 Å². The summed E-state index contributed by atoms with van der Waals surface area (Å²) >= 11 is 0. The van der Waals surface area contributed by atoms with Crippen LogP contribution in [0.1, 0.15) is 42.9 Å². The van der Waals surface area contributed by atoms with Crippen molar-refractivity contribution in [1.82, 2.24) is 0 Å². The average Bonchev–Trinajstić information content (AvgIpc) is 2.74. The van der Waals surface area contributed by atoms with Crippen molar-refractivity contribution in [3.05, 3.63) is 95.6 Å². The van der Waals surface area contributed by atoms with Crippen molar-refractivity contribution in [2.45, 2.75) is 40.0 Å². The first kappa shape index (κ1) is 18.5. The Hall–Kier alpha value is -2.86. The topological polar surface area (TPSA) is 0 Å². The quantitative estimate of drug-likeness (QED) is 0.341. The van der Waals surface area contributed by atoms with Gasteiger partial charge in [-0.25, -0.2) is 0 Å². The van der Waals surface area contributed by atoms with Gasteiger partial charge in [0.25, 0.3) is 0 Å². The van der Waals surface area contributed by atoms with Crippen LogP contribution in [0.3, 0.4) is 0 Å². The number of hydrogen-bond donors (Lipinski definition) is 0. The Morgan fingerprint density at radius 3 is 2.14 bits per heavy atom. The zero-order valence-corrected chi connectivity index (χ0v) is 17.3. The van der Waals surface area contributed by atoms with Crippen molar-refractivity contribution in [2.24, 2.45) is 0 Å². The third-order valence-electron chi connectivity index (χ3n) is 6.07. The molecule has 4 rings (SSSR count). The van der Waals surface area contributed by atoms with E-state index in [1.54, 1.807) is 0 Å². The highest BCUT2D eigenvalue weighted by molar-refractivity contribution is 5.99. The number of rotatable bonds is 4. The highest BCUT2D eigenvalue weighted by Crippen LogP contribution is 2.36. The van der Waals surface area contributed by atoms with Gasteiger partial charge in [-0.1, -0.05) is 86.6 Å². The normalized spacial score (nSPS) is 12.3. The summed E-state index contributed by atoms with van der Waals surface area (Å²) in [7, 11) is 0. The number of fused-ring (bicyclic) bond motifs is 1. The van der Waals surface area contributed by atoms with E-state index in [1.165, 1.54) is 56.1 Å². The van der Waals surface area contributed by atoms with Crippen LogP contribution in [0.2, 0.25) is 0 Å². The molecule has 0 radical (unpaired) electrons. The van der Waals surface area contributed by atoms with Crippen LogP contribution in [0.4, 0.5) is 0 Å². The van der Waals surface area contributed by atoms with Crippen molar-refractivity contribution in [2.75, 3.05) is 0 Å². The van der Waals surface area contributed by atoms with Crippen LogP contribution < -0.4 is 0 Å². The molecule has 0 fully saturated rings. The van der Waals surface area contributed by atoms with Crippen LogP contribution in [0.5, 0.6) is 0 Å². The molecule has 4 aromatic rings. The molecule has 1 unspecified atom stereocenters. The van der Waals surface area contributed by atoms with Gasteiger partial charge in [0.2, 0.25) is 0 Å². The van der Waals surface area contributed by atoms with Crippen molar-refractivity contribution >= 4 is 10.8 Å². The summed E-state index contributed by atoms with van der Waals surface area (Å²) in [4.78, 5) is 0. The molecular weight excluding hydrogens is 336 g/mol. The Bertz CT molecular complexity index is 1120. The molecule has 0 bridgehead atoms. The van der Waals surface area contributed by atoms with E-state index >= 15 is 0 Å². The molecule has 140 valence electrons. The Morgan fingerprint density at radius 2 is 1.39 bits per heavy atom. The molecule has 0 aliphatic heterocycles. The zero-order chi connectivity index (χ0) is 19.7. The van der Waals surface area contributed by atoms with E-state index < -0.39 is 0 Å². The molecule has 28 heavy (non-hydrogen) atoms. The lowest BCUT2D eigenvalue weighted by Gasteiger charge is -2.15. The summed E-state index contributed by atoms with van der Waals surface area (Å²) in [5.41, 5.74) is 9.32. The van der Waals surface area contributed by atoms with Crippen LogP contribution >= 0.6 is 0 Å². The maximum atomic E-state index is 2.36. The summed E-state index contributed by atoms with van der Waals surface area (Å²) in [6, 6.07) is 29.1. The standard InChI is InChI=1S/C28H28/c1-5-19(2)22-14-16-23(17-15-22)25-13-10-20(3)27(18-25)28-21(4)11-12-24-8-6-7-9-26(24)28/h6-19H,5H2,1-4H3. The second-order valence-corrected chi connectivity index (χ2v) is 7.94. The Balaban J connectivity index is 1.84. The van der Waals surface area contributed by atoms with E-state index in [0.29, 0.717) is 5.92 Å². The first-order valence-electron chi connectivity index (χ1n) is 10.3. The molecule has 0 nitrogen and oxygen atoms in total. The molecule has 0 spiro atoms. The monoisotopic (exact) mass is 364 g/mol. The maximum absolute atomic E-state index is 2.36. The van der Waals surface area contributed by atoms with Crippen molar-refractivity contribution < 1.29 is 0 Å². The second kappa shape index (κ2) is 7.64. The predicted molar refractivity (Wildman–Crippen MR) is 123 cm³/mol. The molecule has 0 heterocycles. The fourth-order valence-corrected chi connectivity index (χ4v) is 4.05. The van der Waals surface area contributed by atoms with Gasteiger partial charge in [-0.2, -0.15) is 0 Å². The third kappa shape index (κ3) is 3.36. The van der Waals surface area contributed by atoms with E-state index in [0.717, 1.165) is 0 Å². The van der Waals surface area contributed by atoms with Crippen LogP contribution in [0.25, 0.3) is 33.0 Å². The van der Waals surface area contributed by atoms with Gasteiger partial charge in [0.05, 0.1) is 0 Å². The van der Waals surface area contributed by atoms with Crippen molar-refractivity contribution in [1.29, 1.82) is 0 Å². The lowest BCUT2D eigenvalue weighted by molar-refractivity contribution is 0.734. The minimum Gasteiger partial charge on any atom is -0.0648 e. The number of aryl methyl sites for hydroxylation is 2.